The molecule has 1 rings (SSSR count). The van der Waals surface area contributed by atoms with Crippen molar-refractivity contribution < 1.29 is 19.1 Å². The Balaban J connectivity index is 3.08. The highest BCUT2D eigenvalue weighted by atomic mass is 16.5. The zero-order chi connectivity index (χ0) is 20.2. The third-order valence-electron chi connectivity index (χ3n) is 4.82. The Labute approximate surface area is 157 Å². The molecule has 2 atom stereocenters. The summed E-state index contributed by atoms with van der Waals surface area (Å²) in [7, 11) is 3.04. The van der Waals surface area contributed by atoms with E-state index in [9.17, 15) is 9.59 Å². The molecule has 8 nitrogen and oxygen atoms in total. The van der Waals surface area contributed by atoms with E-state index in [2.05, 4.69) is 21.3 Å². The standard InChI is InChI=1S/C18H36N4O4/c1-15(2)9-19-11-18(6,26-8)14(24)22-16(3,4)10-20-12-17(5,25-7)13(23)21-15/h19-20H,9-12H2,1-8H3,(H,21,23)(H,22,24)/t17-,18-/m0/s1. The summed E-state index contributed by atoms with van der Waals surface area (Å²) in [6, 6.07) is 0. The number of ether oxygens (including phenoxy) is 2. The first-order chi connectivity index (χ1) is 11.8. The summed E-state index contributed by atoms with van der Waals surface area (Å²) in [4.78, 5) is 25.5. The molecule has 1 heterocycles. The lowest BCUT2D eigenvalue weighted by Crippen LogP contribution is -2.64. The molecule has 1 aliphatic heterocycles. The number of hydrogen-bond acceptors (Lipinski definition) is 6. The predicted octanol–water partition coefficient (Wildman–Crippen LogP) is -0.221. The molecule has 152 valence electrons. The summed E-state index contributed by atoms with van der Waals surface area (Å²) in [5.41, 5.74) is -3.07. The highest BCUT2D eigenvalue weighted by Gasteiger charge is 2.39. The molecule has 1 fully saturated rings. The largest absolute Gasteiger partial charge is 0.367 e. The van der Waals surface area contributed by atoms with Crippen LogP contribution in [0.1, 0.15) is 41.5 Å². The van der Waals surface area contributed by atoms with E-state index in [0.29, 0.717) is 26.2 Å². The van der Waals surface area contributed by atoms with Crippen LogP contribution >= 0.6 is 0 Å². The number of rotatable bonds is 2. The average molecular weight is 373 g/mol. The van der Waals surface area contributed by atoms with Gasteiger partial charge in [0.05, 0.1) is 0 Å². The summed E-state index contributed by atoms with van der Waals surface area (Å²) in [6.45, 7) is 12.8. The molecule has 1 saturated heterocycles. The number of methoxy groups -OCH3 is 2. The Morgan fingerprint density at radius 2 is 0.962 bits per heavy atom. The van der Waals surface area contributed by atoms with Gasteiger partial charge in [-0.3, -0.25) is 9.59 Å². The lowest BCUT2D eigenvalue weighted by molar-refractivity contribution is -0.145. The summed E-state index contributed by atoms with van der Waals surface area (Å²) in [5.74, 6) is -0.375. The second-order valence-corrected chi connectivity index (χ2v) is 8.75. The van der Waals surface area contributed by atoms with Crippen LogP contribution in [0.4, 0.5) is 0 Å². The van der Waals surface area contributed by atoms with Gasteiger partial charge in [-0.1, -0.05) is 0 Å². The predicted molar refractivity (Wildman–Crippen MR) is 101 cm³/mol. The first-order valence-corrected chi connectivity index (χ1v) is 8.96. The molecule has 0 radical (unpaired) electrons. The van der Waals surface area contributed by atoms with Crippen molar-refractivity contribution in [3.05, 3.63) is 0 Å². The second-order valence-electron chi connectivity index (χ2n) is 8.75. The summed E-state index contributed by atoms with van der Waals surface area (Å²) < 4.78 is 11.0. The zero-order valence-electron chi connectivity index (χ0n) is 17.5. The molecule has 0 aliphatic carbocycles. The van der Waals surface area contributed by atoms with Crippen LogP contribution in [0.5, 0.6) is 0 Å². The van der Waals surface area contributed by atoms with E-state index in [1.807, 2.05) is 27.7 Å². The molecule has 0 unspecified atom stereocenters. The van der Waals surface area contributed by atoms with Crippen molar-refractivity contribution in [2.75, 3.05) is 40.4 Å². The molecule has 0 aromatic heterocycles. The molecular weight excluding hydrogens is 336 g/mol. The second kappa shape index (κ2) is 8.21. The van der Waals surface area contributed by atoms with E-state index in [4.69, 9.17) is 9.47 Å². The fraction of sp³-hybridized carbons (Fsp3) is 0.889. The minimum absolute atomic E-state index is 0.187. The minimum atomic E-state index is -1.01. The monoisotopic (exact) mass is 372 g/mol. The minimum Gasteiger partial charge on any atom is -0.367 e. The molecule has 2 amide bonds. The Morgan fingerprint density at radius 1 is 0.654 bits per heavy atom. The topological polar surface area (TPSA) is 101 Å². The highest BCUT2D eigenvalue weighted by Crippen LogP contribution is 2.15. The summed E-state index contributed by atoms with van der Waals surface area (Å²) in [5, 5.41) is 12.5. The first-order valence-electron chi connectivity index (χ1n) is 8.96. The Hall–Kier alpha value is -1.22. The van der Waals surface area contributed by atoms with E-state index >= 15 is 0 Å². The quantitative estimate of drug-likeness (QED) is 0.535. The van der Waals surface area contributed by atoms with Gasteiger partial charge in [-0.05, 0) is 41.5 Å². The third-order valence-corrected chi connectivity index (χ3v) is 4.82. The van der Waals surface area contributed by atoms with E-state index in [1.54, 1.807) is 13.8 Å². The fourth-order valence-electron chi connectivity index (χ4n) is 2.68. The van der Waals surface area contributed by atoms with Crippen molar-refractivity contribution in [1.29, 1.82) is 0 Å². The number of hydrogen-bond donors (Lipinski definition) is 4. The maximum atomic E-state index is 12.8. The molecule has 0 spiro atoms. The van der Waals surface area contributed by atoms with Crippen LogP contribution in [-0.4, -0.2) is 74.5 Å². The fourth-order valence-corrected chi connectivity index (χ4v) is 2.68. The molecule has 8 heteroatoms. The van der Waals surface area contributed by atoms with E-state index in [-0.39, 0.29) is 11.8 Å². The summed E-state index contributed by atoms with van der Waals surface area (Å²) >= 11 is 0. The molecule has 0 bridgehead atoms. The molecule has 4 N–H and O–H groups in total. The number of carbonyl (C=O) groups excluding carboxylic acids is 2. The molecule has 1 aliphatic rings. The molecule has 26 heavy (non-hydrogen) atoms. The van der Waals surface area contributed by atoms with Gasteiger partial charge in [-0.25, -0.2) is 0 Å². The van der Waals surface area contributed by atoms with Gasteiger partial charge >= 0.3 is 0 Å². The Morgan fingerprint density at radius 3 is 1.23 bits per heavy atom. The van der Waals surface area contributed by atoms with Gasteiger partial charge in [0, 0.05) is 51.5 Å². The third kappa shape index (κ3) is 5.90. The van der Waals surface area contributed by atoms with Crippen LogP contribution in [-0.2, 0) is 19.1 Å². The molecule has 0 aromatic rings. The lowest BCUT2D eigenvalue weighted by Gasteiger charge is -2.38. The van der Waals surface area contributed by atoms with Crippen LogP contribution in [0.2, 0.25) is 0 Å². The van der Waals surface area contributed by atoms with Crippen LogP contribution in [0.3, 0.4) is 0 Å². The Kier molecular flexibility index (Phi) is 7.20. The van der Waals surface area contributed by atoms with Crippen molar-refractivity contribution in [2.45, 2.75) is 63.8 Å². The van der Waals surface area contributed by atoms with Crippen molar-refractivity contribution in [3.8, 4) is 0 Å². The van der Waals surface area contributed by atoms with Crippen LogP contribution < -0.4 is 21.3 Å². The van der Waals surface area contributed by atoms with Crippen LogP contribution in [0.25, 0.3) is 0 Å². The maximum Gasteiger partial charge on any atom is 0.253 e. The van der Waals surface area contributed by atoms with Gasteiger partial charge in [0.25, 0.3) is 11.8 Å². The SMILES string of the molecule is CO[C@@]1(C)CNCC(C)(C)NC(=O)[C@@](C)(OC)CNCC(C)(C)NC1=O. The van der Waals surface area contributed by atoms with Gasteiger partial charge in [-0.15, -0.1) is 0 Å². The van der Waals surface area contributed by atoms with Crippen LogP contribution in [0, 0.1) is 0 Å². The van der Waals surface area contributed by atoms with E-state index in [0.717, 1.165) is 0 Å². The van der Waals surface area contributed by atoms with Crippen LogP contribution in [0.15, 0.2) is 0 Å². The molecule has 0 aromatic carbocycles. The summed E-state index contributed by atoms with van der Waals surface area (Å²) in [6.07, 6.45) is 0. The molecular formula is C18H36N4O4. The zero-order valence-corrected chi connectivity index (χ0v) is 17.5. The highest BCUT2D eigenvalue weighted by molar-refractivity contribution is 5.86. The maximum absolute atomic E-state index is 12.8. The van der Waals surface area contributed by atoms with Crippen molar-refractivity contribution in [2.24, 2.45) is 0 Å². The van der Waals surface area contributed by atoms with Gasteiger partial charge in [-0.2, -0.15) is 0 Å². The van der Waals surface area contributed by atoms with Gasteiger partial charge in [0.1, 0.15) is 0 Å². The number of nitrogens with one attached hydrogen (secondary N) is 4. The number of carbonyl (C=O) groups is 2. The van der Waals surface area contributed by atoms with Crippen molar-refractivity contribution in [3.63, 3.8) is 0 Å². The first kappa shape index (κ1) is 22.8. The van der Waals surface area contributed by atoms with Crippen molar-refractivity contribution >= 4 is 11.8 Å². The average Bonchev–Trinajstić information content (AvgIpc) is 2.52. The normalized spacial score (nSPS) is 33.7. The number of amides is 2. The Bertz CT molecular complexity index is 477. The van der Waals surface area contributed by atoms with Gasteiger partial charge < -0.3 is 30.7 Å². The van der Waals surface area contributed by atoms with Crippen molar-refractivity contribution in [1.82, 2.24) is 21.3 Å². The van der Waals surface area contributed by atoms with Gasteiger partial charge in [0.15, 0.2) is 11.2 Å². The smallest absolute Gasteiger partial charge is 0.253 e. The van der Waals surface area contributed by atoms with E-state index in [1.165, 1.54) is 14.2 Å². The van der Waals surface area contributed by atoms with E-state index < -0.39 is 22.3 Å². The molecule has 0 saturated carbocycles. The lowest BCUT2D eigenvalue weighted by atomic mass is 9.97. The van der Waals surface area contributed by atoms with Gasteiger partial charge in [0.2, 0.25) is 0 Å².